The molecule has 0 unspecified atom stereocenters. The van der Waals surface area contributed by atoms with Crippen LogP contribution < -0.4 is 4.74 Å². The Kier molecular flexibility index (Phi) is 5.45. The average molecular weight is 398 g/mol. The minimum Gasteiger partial charge on any atom is -0.494 e. The van der Waals surface area contributed by atoms with Crippen molar-refractivity contribution in [2.75, 3.05) is 18.6 Å². The topological polar surface area (TPSA) is 102 Å². The van der Waals surface area contributed by atoms with Crippen molar-refractivity contribution in [3.63, 3.8) is 0 Å². The molecule has 0 saturated carbocycles. The highest BCUT2D eigenvalue weighted by Crippen LogP contribution is 2.23. The minimum atomic E-state index is -3.19. The van der Waals surface area contributed by atoms with E-state index in [-0.39, 0.29) is 48.3 Å². The first kappa shape index (κ1) is 19.3. The van der Waals surface area contributed by atoms with Gasteiger partial charge in [0, 0.05) is 12.8 Å². The van der Waals surface area contributed by atoms with Crippen LogP contribution in [-0.4, -0.2) is 55.7 Å². The van der Waals surface area contributed by atoms with E-state index >= 15 is 0 Å². The molecule has 0 aromatic heterocycles. The molecule has 146 valence electrons. The molecular formula is C17H19FN2O6S. The van der Waals surface area contributed by atoms with Crippen LogP contribution in [0.25, 0.3) is 0 Å². The molecule has 27 heavy (non-hydrogen) atoms. The SMILES string of the molecule is COc1ccc(COC(=O)C2=NN([C@@H]3CCS(=O)(=O)C3)C(=O)CC2)cc1F. The van der Waals surface area contributed by atoms with Gasteiger partial charge in [-0.05, 0) is 24.1 Å². The van der Waals surface area contributed by atoms with Gasteiger partial charge in [0.25, 0.3) is 0 Å². The molecule has 3 rings (SSSR count). The fraction of sp³-hybridized carbons (Fsp3) is 0.471. The number of halogens is 1. The molecule has 2 aliphatic heterocycles. The highest BCUT2D eigenvalue weighted by molar-refractivity contribution is 7.91. The number of methoxy groups -OCH3 is 1. The number of sulfone groups is 1. The molecule has 0 spiro atoms. The molecule has 2 heterocycles. The van der Waals surface area contributed by atoms with Crippen molar-refractivity contribution in [3.8, 4) is 5.75 Å². The number of ether oxygens (including phenoxy) is 2. The van der Waals surface area contributed by atoms with Gasteiger partial charge in [-0.25, -0.2) is 22.6 Å². The first-order chi connectivity index (χ1) is 12.8. The van der Waals surface area contributed by atoms with Crippen LogP contribution in [0.15, 0.2) is 23.3 Å². The van der Waals surface area contributed by atoms with Gasteiger partial charge in [-0.2, -0.15) is 5.10 Å². The van der Waals surface area contributed by atoms with E-state index in [9.17, 15) is 22.4 Å². The van der Waals surface area contributed by atoms with E-state index in [1.54, 1.807) is 6.07 Å². The quantitative estimate of drug-likeness (QED) is 0.687. The van der Waals surface area contributed by atoms with Gasteiger partial charge in [0.15, 0.2) is 21.4 Å². The van der Waals surface area contributed by atoms with Crippen molar-refractivity contribution in [1.29, 1.82) is 0 Å². The zero-order valence-electron chi connectivity index (χ0n) is 14.7. The molecule has 10 heteroatoms. The van der Waals surface area contributed by atoms with Crippen molar-refractivity contribution in [2.45, 2.75) is 31.9 Å². The van der Waals surface area contributed by atoms with Crippen molar-refractivity contribution < 1.29 is 31.9 Å². The lowest BCUT2D eigenvalue weighted by molar-refractivity contribution is -0.138. The molecule has 1 saturated heterocycles. The monoisotopic (exact) mass is 398 g/mol. The molecule has 1 amide bonds. The van der Waals surface area contributed by atoms with E-state index in [0.29, 0.717) is 12.0 Å². The maximum atomic E-state index is 13.7. The summed E-state index contributed by atoms with van der Waals surface area (Å²) in [6, 6.07) is 3.64. The van der Waals surface area contributed by atoms with Gasteiger partial charge in [0.05, 0.1) is 24.7 Å². The van der Waals surface area contributed by atoms with Gasteiger partial charge in [0.1, 0.15) is 12.3 Å². The Labute approximate surface area is 155 Å². The third-order valence-corrected chi connectivity index (χ3v) is 6.19. The highest BCUT2D eigenvalue weighted by atomic mass is 32.2. The smallest absolute Gasteiger partial charge is 0.354 e. The summed E-state index contributed by atoms with van der Waals surface area (Å²) in [5, 5.41) is 5.13. The summed E-state index contributed by atoms with van der Waals surface area (Å²) >= 11 is 0. The van der Waals surface area contributed by atoms with Crippen LogP contribution in [-0.2, 0) is 30.8 Å². The first-order valence-corrected chi connectivity index (χ1v) is 10.2. The Morgan fingerprint density at radius 1 is 1.37 bits per heavy atom. The van der Waals surface area contributed by atoms with Crippen LogP contribution >= 0.6 is 0 Å². The normalized spacial score (nSPS) is 21.7. The second-order valence-corrected chi connectivity index (χ2v) is 8.62. The van der Waals surface area contributed by atoms with Gasteiger partial charge in [0.2, 0.25) is 5.91 Å². The second-order valence-electron chi connectivity index (χ2n) is 6.39. The number of hydrazone groups is 1. The Hall–Kier alpha value is -2.49. The van der Waals surface area contributed by atoms with Crippen molar-refractivity contribution in [2.24, 2.45) is 5.10 Å². The average Bonchev–Trinajstić information content (AvgIpc) is 3.00. The summed E-state index contributed by atoms with van der Waals surface area (Å²) in [5.41, 5.74) is 0.487. The number of hydrogen-bond donors (Lipinski definition) is 0. The Morgan fingerprint density at radius 2 is 2.15 bits per heavy atom. The summed E-state index contributed by atoms with van der Waals surface area (Å²) < 4.78 is 46.9. The third kappa shape index (κ3) is 4.44. The van der Waals surface area contributed by atoms with Crippen molar-refractivity contribution >= 4 is 27.4 Å². The predicted octanol–water partition coefficient (Wildman–Crippen LogP) is 1.04. The summed E-state index contributed by atoms with van der Waals surface area (Å²) in [6.07, 6.45) is 0.470. The van der Waals surface area contributed by atoms with Crippen LogP contribution in [0.1, 0.15) is 24.8 Å². The zero-order valence-corrected chi connectivity index (χ0v) is 15.5. The van der Waals surface area contributed by atoms with Gasteiger partial charge in [-0.15, -0.1) is 0 Å². The van der Waals surface area contributed by atoms with E-state index in [1.807, 2.05) is 0 Å². The number of carbonyl (C=O) groups is 2. The third-order valence-electron chi connectivity index (χ3n) is 4.44. The number of hydrogen-bond acceptors (Lipinski definition) is 7. The van der Waals surface area contributed by atoms with Crippen molar-refractivity contribution in [3.05, 3.63) is 29.6 Å². The second kappa shape index (κ2) is 7.63. The van der Waals surface area contributed by atoms with Crippen LogP contribution in [0.3, 0.4) is 0 Å². The highest BCUT2D eigenvalue weighted by Gasteiger charge is 2.37. The van der Waals surface area contributed by atoms with Crippen molar-refractivity contribution in [1.82, 2.24) is 5.01 Å². The fourth-order valence-corrected chi connectivity index (χ4v) is 4.70. The van der Waals surface area contributed by atoms with E-state index < -0.39 is 27.7 Å². The van der Waals surface area contributed by atoms with E-state index in [0.717, 1.165) is 5.01 Å². The molecule has 0 bridgehead atoms. The molecule has 1 aromatic carbocycles. The Bertz CT molecular complexity index is 899. The standard InChI is InChI=1S/C17H19FN2O6S/c1-25-15-4-2-11(8-13(15)18)9-26-17(22)14-3-5-16(21)20(19-14)12-6-7-27(23,24)10-12/h2,4,8,12H,3,5-7,9-10H2,1H3/t12-/m1/s1. The number of rotatable bonds is 5. The fourth-order valence-electron chi connectivity index (χ4n) is 3.00. The first-order valence-electron chi connectivity index (χ1n) is 8.38. The maximum Gasteiger partial charge on any atom is 0.354 e. The number of benzene rings is 1. The molecule has 0 radical (unpaired) electrons. The molecule has 8 nitrogen and oxygen atoms in total. The van der Waals surface area contributed by atoms with Gasteiger partial charge >= 0.3 is 5.97 Å². The van der Waals surface area contributed by atoms with E-state index in [2.05, 4.69) is 5.10 Å². The molecule has 2 aliphatic rings. The van der Waals surface area contributed by atoms with E-state index in [4.69, 9.17) is 9.47 Å². The number of esters is 1. The number of nitrogens with zero attached hydrogens (tertiary/aromatic N) is 2. The van der Waals surface area contributed by atoms with Gasteiger partial charge in [-0.1, -0.05) is 6.07 Å². The number of amides is 1. The van der Waals surface area contributed by atoms with Crippen LogP contribution in [0.2, 0.25) is 0 Å². The molecule has 1 aromatic rings. The molecule has 0 aliphatic carbocycles. The summed E-state index contributed by atoms with van der Waals surface area (Å²) in [7, 11) is -1.84. The summed E-state index contributed by atoms with van der Waals surface area (Å²) in [6.45, 7) is -0.162. The molecule has 1 atom stereocenters. The zero-order chi connectivity index (χ0) is 19.6. The van der Waals surface area contributed by atoms with Crippen LogP contribution in [0.4, 0.5) is 4.39 Å². The Morgan fingerprint density at radius 3 is 2.78 bits per heavy atom. The van der Waals surface area contributed by atoms with E-state index in [1.165, 1.54) is 19.2 Å². The van der Waals surface area contributed by atoms with Gasteiger partial charge in [-0.3, -0.25) is 4.79 Å². The summed E-state index contributed by atoms with van der Waals surface area (Å²) in [5.74, 6) is -1.67. The maximum absolute atomic E-state index is 13.7. The predicted molar refractivity (Wildman–Crippen MR) is 93.3 cm³/mol. The lowest BCUT2D eigenvalue weighted by Crippen LogP contribution is -2.42. The molecular weight excluding hydrogens is 379 g/mol. The largest absolute Gasteiger partial charge is 0.494 e. The van der Waals surface area contributed by atoms with Crippen LogP contribution in [0, 0.1) is 5.82 Å². The summed E-state index contributed by atoms with van der Waals surface area (Å²) in [4.78, 5) is 24.3. The number of carbonyl (C=O) groups excluding carboxylic acids is 2. The molecule has 1 fully saturated rings. The lowest BCUT2D eigenvalue weighted by Gasteiger charge is -2.27. The minimum absolute atomic E-state index is 0.000218. The van der Waals surface area contributed by atoms with Gasteiger partial charge < -0.3 is 9.47 Å². The molecule has 0 N–H and O–H groups in total. The van der Waals surface area contributed by atoms with Crippen LogP contribution in [0.5, 0.6) is 5.75 Å². The Balaban J connectivity index is 1.66. The lowest BCUT2D eigenvalue weighted by atomic mass is 10.1.